The van der Waals surface area contributed by atoms with E-state index in [-0.39, 0.29) is 10.8 Å². The minimum atomic E-state index is -3.49. The molecule has 0 radical (unpaired) electrons. The van der Waals surface area contributed by atoms with Gasteiger partial charge < -0.3 is 5.11 Å². The van der Waals surface area contributed by atoms with Crippen molar-refractivity contribution in [2.75, 3.05) is 6.54 Å². The van der Waals surface area contributed by atoms with Crippen LogP contribution in [0.3, 0.4) is 0 Å². The van der Waals surface area contributed by atoms with Crippen molar-refractivity contribution < 1.29 is 13.5 Å². The molecule has 2 aromatic heterocycles. The van der Waals surface area contributed by atoms with E-state index in [0.29, 0.717) is 0 Å². The highest BCUT2D eigenvalue weighted by molar-refractivity contribution is 7.91. The molecule has 4 nitrogen and oxygen atoms in total. The summed E-state index contributed by atoms with van der Waals surface area (Å²) in [5, 5.41) is 15.1. The second kappa shape index (κ2) is 5.28. The standard InChI is InChI=1S/C10H11NO3S3/c12-9(8-3-5-15-7-8)6-11-17(13,14)10-2-1-4-16-10/h1-5,7,9,11-12H,6H2/t9-/m0/s1. The first-order valence-corrected chi connectivity index (χ1v) is 8.13. The lowest BCUT2D eigenvalue weighted by atomic mass is 10.2. The topological polar surface area (TPSA) is 66.4 Å². The number of aliphatic hydroxyl groups excluding tert-OH is 1. The van der Waals surface area contributed by atoms with Gasteiger partial charge in [-0.3, -0.25) is 0 Å². The van der Waals surface area contributed by atoms with Crippen molar-refractivity contribution >= 4 is 32.7 Å². The van der Waals surface area contributed by atoms with Crippen LogP contribution in [0.2, 0.25) is 0 Å². The Balaban J connectivity index is 1.99. The average Bonchev–Trinajstić information content (AvgIpc) is 2.97. The van der Waals surface area contributed by atoms with Crippen LogP contribution in [0.1, 0.15) is 11.7 Å². The Hall–Kier alpha value is -0.730. The van der Waals surface area contributed by atoms with Crippen LogP contribution >= 0.6 is 22.7 Å². The molecule has 7 heteroatoms. The van der Waals surface area contributed by atoms with E-state index in [2.05, 4.69) is 4.72 Å². The molecule has 92 valence electrons. The number of aliphatic hydroxyl groups is 1. The molecule has 2 aromatic rings. The number of thiophene rings is 2. The Morgan fingerprint density at radius 3 is 2.76 bits per heavy atom. The Morgan fingerprint density at radius 2 is 2.18 bits per heavy atom. The van der Waals surface area contributed by atoms with Crippen LogP contribution in [-0.2, 0) is 10.0 Å². The lowest BCUT2D eigenvalue weighted by molar-refractivity contribution is 0.182. The van der Waals surface area contributed by atoms with E-state index in [9.17, 15) is 13.5 Å². The van der Waals surface area contributed by atoms with Crippen molar-refractivity contribution in [3.8, 4) is 0 Å². The first-order valence-electron chi connectivity index (χ1n) is 4.83. The van der Waals surface area contributed by atoms with Crippen molar-refractivity contribution in [1.29, 1.82) is 0 Å². The maximum atomic E-state index is 11.8. The van der Waals surface area contributed by atoms with E-state index in [1.165, 1.54) is 17.4 Å². The van der Waals surface area contributed by atoms with Crippen LogP contribution in [0, 0.1) is 0 Å². The third-order valence-electron chi connectivity index (χ3n) is 2.15. The second-order valence-corrected chi connectivity index (χ2v) is 7.08. The molecule has 0 amide bonds. The van der Waals surface area contributed by atoms with E-state index < -0.39 is 16.1 Å². The zero-order valence-electron chi connectivity index (χ0n) is 8.74. The lowest BCUT2D eigenvalue weighted by Gasteiger charge is -2.09. The lowest BCUT2D eigenvalue weighted by Crippen LogP contribution is -2.27. The summed E-state index contributed by atoms with van der Waals surface area (Å²) in [6, 6.07) is 4.98. The molecule has 2 heterocycles. The van der Waals surface area contributed by atoms with Crippen molar-refractivity contribution in [2.45, 2.75) is 10.3 Å². The first kappa shape index (κ1) is 12.7. The average molecular weight is 289 g/mol. The quantitative estimate of drug-likeness (QED) is 0.882. The molecule has 17 heavy (non-hydrogen) atoms. The van der Waals surface area contributed by atoms with Crippen molar-refractivity contribution in [2.24, 2.45) is 0 Å². The molecule has 1 atom stereocenters. The maximum Gasteiger partial charge on any atom is 0.250 e. The van der Waals surface area contributed by atoms with Gasteiger partial charge in [-0.15, -0.1) is 11.3 Å². The maximum absolute atomic E-state index is 11.8. The number of rotatable bonds is 5. The molecule has 0 aliphatic rings. The van der Waals surface area contributed by atoms with Crippen LogP contribution in [0.25, 0.3) is 0 Å². The van der Waals surface area contributed by atoms with Gasteiger partial charge >= 0.3 is 0 Å². The Bertz CT molecular complexity index is 546. The van der Waals surface area contributed by atoms with E-state index in [4.69, 9.17) is 0 Å². The summed E-state index contributed by atoms with van der Waals surface area (Å²) in [6.07, 6.45) is -0.809. The van der Waals surface area contributed by atoms with Crippen molar-refractivity contribution in [3.63, 3.8) is 0 Å². The van der Waals surface area contributed by atoms with Crippen LogP contribution in [0.4, 0.5) is 0 Å². The summed E-state index contributed by atoms with van der Waals surface area (Å²) in [5.74, 6) is 0. The molecular weight excluding hydrogens is 278 g/mol. The number of hydrogen-bond donors (Lipinski definition) is 2. The fourth-order valence-corrected chi connectivity index (χ4v) is 4.04. The Morgan fingerprint density at radius 1 is 1.35 bits per heavy atom. The fraction of sp³-hybridized carbons (Fsp3) is 0.200. The van der Waals surface area contributed by atoms with Gasteiger partial charge in [0.25, 0.3) is 0 Å². The molecule has 0 fully saturated rings. The highest BCUT2D eigenvalue weighted by Crippen LogP contribution is 2.18. The van der Waals surface area contributed by atoms with Crippen LogP contribution < -0.4 is 4.72 Å². The molecule has 0 aliphatic heterocycles. The van der Waals surface area contributed by atoms with Crippen LogP contribution in [0.15, 0.2) is 38.5 Å². The van der Waals surface area contributed by atoms with Gasteiger partial charge in [-0.25, -0.2) is 13.1 Å². The van der Waals surface area contributed by atoms with Gasteiger partial charge in [0.05, 0.1) is 6.10 Å². The van der Waals surface area contributed by atoms with Crippen LogP contribution in [0.5, 0.6) is 0 Å². The summed E-state index contributed by atoms with van der Waals surface area (Å²) in [4.78, 5) is 0. The van der Waals surface area contributed by atoms with Gasteiger partial charge in [-0.1, -0.05) is 6.07 Å². The molecule has 0 aromatic carbocycles. The Kier molecular flexibility index (Phi) is 3.95. The minimum absolute atomic E-state index is 0.0169. The molecule has 2 rings (SSSR count). The summed E-state index contributed by atoms with van der Waals surface area (Å²) in [5.41, 5.74) is 0.726. The zero-order valence-corrected chi connectivity index (χ0v) is 11.2. The minimum Gasteiger partial charge on any atom is -0.387 e. The summed E-state index contributed by atoms with van der Waals surface area (Å²) < 4.78 is 26.2. The summed E-state index contributed by atoms with van der Waals surface area (Å²) >= 11 is 2.61. The number of nitrogens with one attached hydrogen (secondary N) is 1. The van der Waals surface area contributed by atoms with E-state index >= 15 is 0 Å². The number of sulfonamides is 1. The molecular formula is C10H11NO3S3. The van der Waals surface area contributed by atoms with Gasteiger partial charge in [-0.05, 0) is 33.8 Å². The first-order chi connectivity index (χ1) is 8.09. The fourth-order valence-electron chi connectivity index (χ4n) is 1.26. The van der Waals surface area contributed by atoms with Crippen molar-refractivity contribution in [3.05, 3.63) is 39.9 Å². The monoisotopic (exact) mass is 289 g/mol. The molecule has 0 saturated heterocycles. The van der Waals surface area contributed by atoms with Crippen LogP contribution in [-0.4, -0.2) is 20.1 Å². The molecule has 2 N–H and O–H groups in total. The normalized spacial score (nSPS) is 13.7. The third kappa shape index (κ3) is 3.14. The smallest absolute Gasteiger partial charge is 0.250 e. The van der Waals surface area contributed by atoms with Gasteiger partial charge in [0.1, 0.15) is 4.21 Å². The van der Waals surface area contributed by atoms with E-state index in [1.807, 2.05) is 5.38 Å². The zero-order chi connectivity index (χ0) is 12.3. The molecule has 0 spiro atoms. The molecule has 0 bridgehead atoms. The van der Waals surface area contributed by atoms with E-state index in [0.717, 1.165) is 16.9 Å². The van der Waals surface area contributed by atoms with Gasteiger partial charge in [-0.2, -0.15) is 11.3 Å². The van der Waals surface area contributed by atoms with Gasteiger partial charge in [0, 0.05) is 6.54 Å². The SMILES string of the molecule is O=S(=O)(NC[C@H](O)c1ccsc1)c1cccs1. The second-order valence-electron chi connectivity index (χ2n) is 3.36. The molecule has 0 aliphatic carbocycles. The predicted molar refractivity (Wildman–Crippen MR) is 68.8 cm³/mol. The molecule has 0 unspecified atom stereocenters. The molecule has 0 saturated carbocycles. The largest absolute Gasteiger partial charge is 0.387 e. The number of hydrogen-bond acceptors (Lipinski definition) is 5. The van der Waals surface area contributed by atoms with Gasteiger partial charge in [0.15, 0.2) is 0 Å². The predicted octanol–water partition coefficient (Wildman–Crippen LogP) is 1.82. The highest BCUT2D eigenvalue weighted by Gasteiger charge is 2.17. The van der Waals surface area contributed by atoms with E-state index in [1.54, 1.807) is 22.9 Å². The summed E-state index contributed by atoms with van der Waals surface area (Å²) in [6.45, 7) is -0.0169. The third-order valence-corrected chi connectivity index (χ3v) is 5.68. The summed E-state index contributed by atoms with van der Waals surface area (Å²) in [7, 11) is -3.49. The highest BCUT2D eigenvalue weighted by atomic mass is 32.2. The van der Waals surface area contributed by atoms with Gasteiger partial charge in [0.2, 0.25) is 10.0 Å². The Labute approximate surface area is 108 Å². The van der Waals surface area contributed by atoms with Crippen molar-refractivity contribution in [1.82, 2.24) is 4.72 Å².